The fourth-order valence-corrected chi connectivity index (χ4v) is 1.74. The topological polar surface area (TPSA) is 46.9 Å². The molecule has 0 aliphatic rings. The Labute approximate surface area is 107 Å². The zero-order valence-corrected chi connectivity index (χ0v) is 10.5. The number of para-hydroxylation sites is 1. The molecule has 0 atom stereocenters. The predicted octanol–water partition coefficient (Wildman–Crippen LogP) is 2.94. The van der Waals surface area contributed by atoms with Crippen LogP contribution in [0.2, 0.25) is 0 Å². The molecule has 0 radical (unpaired) electrons. The second-order valence-electron chi connectivity index (χ2n) is 4.12. The Kier molecular flexibility index (Phi) is 4.12. The quantitative estimate of drug-likeness (QED) is 0.877. The fraction of sp³-hybridized carbons (Fsp3) is 0.286. The van der Waals surface area contributed by atoms with Gasteiger partial charge in [0.25, 0.3) is 5.91 Å². The summed E-state index contributed by atoms with van der Waals surface area (Å²) in [5.41, 5.74) is 0.785. The van der Waals surface area contributed by atoms with E-state index < -0.39 is 0 Å². The van der Waals surface area contributed by atoms with Crippen LogP contribution >= 0.6 is 0 Å². The zero-order chi connectivity index (χ0) is 12.8. The number of anilines is 1. The number of imidazole rings is 1. The highest BCUT2D eigenvalue weighted by molar-refractivity contribution is 6.01. The van der Waals surface area contributed by atoms with Crippen molar-refractivity contribution < 1.29 is 4.79 Å². The Morgan fingerprint density at radius 3 is 2.83 bits per heavy atom. The van der Waals surface area contributed by atoms with Crippen LogP contribution in [-0.4, -0.2) is 15.5 Å². The molecule has 94 valence electrons. The Hall–Kier alpha value is -2.10. The molecule has 4 heteroatoms. The number of aromatic nitrogens is 2. The highest BCUT2D eigenvalue weighted by Gasteiger charge is 2.12. The SMILES string of the molecule is CCCCn1ccnc1C(=O)Nc1ccccc1. The van der Waals surface area contributed by atoms with Crippen molar-refractivity contribution in [2.75, 3.05) is 5.32 Å². The van der Waals surface area contributed by atoms with E-state index in [1.54, 1.807) is 6.20 Å². The lowest BCUT2D eigenvalue weighted by molar-refractivity contribution is 0.101. The van der Waals surface area contributed by atoms with Crippen LogP contribution in [-0.2, 0) is 6.54 Å². The number of hydrogen-bond acceptors (Lipinski definition) is 2. The van der Waals surface area contributed by atoms with Crippen molar-refractivity contribution in [1.82, 2.24) is 9.55 Å². The highest BCUT2D eigenvalue weighted by atomic mass is 16.2. The monoisotopic (exact) mass is 243 g/mol. The van der Waals surface area contributed by atoms with Gasteiger partial charge in [-0.3, -0.25) is 4.79 Å². The van der Waals surface area contributed by atoms with Crippen molar-refractivity contribution in [2.24, 2.45) is 0 Å². The van der Waals surface area contributed by atoms with Crippen molar-refractivity contribution in [3.8, 4) is 0 Å². The molecule has 0 saturated heterocycles. The van der Waals surface area contributed by atoms with Crippen LogP contribution in [0.5, 0.6) is 0 Å². The van der Waals surface area contributed by atoms with Crippen LogP contribution in [0.4, 0.5) is 5.69 Å². The molecule has 0 aliphatic heterocycles. The largest absolute Gasteiger partial charge is 0.327 e. The Balaban J connectivity index is 2.07. The lowest BCUT2D eigenvalue weighted by Crippen LogP contribution is -2.18. The van der Waals surface area contributed by atoms with Gasteiger partial charge in [0, 0.05) is 24.6 Å². The Morgan fingerprint density at radius 2 is 2.11 bits per heavy atom. The van der Waals surface area contributed by atoms with Gasteiger partial charge in [-0.15, -0.1) is 0 Å². The van der Waals surface area contributed by atoms with E-state index in [2.05, 4.69) is 17.2 Å². The van der Waals surface area contributed by atoms with Crippen molar-refractivity contribution in [2.45, 2.75) is 26.3 Å². The maximum atomic E-state index is 12.1. The molecule has 1 aromatic heterocycles. The van der Waals surface area contributed by atoms with E-state index in [4.69, 9.17) is 0 Å². The van der Waals surface area contributed by atoms with Crippen molar-refractivity contribution in [1.29, 1.82) is 0 Å². The summed E-state index contributed by atoms with van der Waals surface area (Å²) in [5, 5.41) is 2.84. The number of nitrogens with one attached hydrogen (secondary N) is 1. The van der Waals surface area contributed by atoms with Crippen LogP contribution in [0.3, 0.4) is 0 Å². The van der Waals surface area contributed by atoms with E-state index in [0.717, 1.165) is 25.1 Å². The van der Waals surface area contributed by atoms with Gasteiger partial charge in [0.2, 0.25) is 0 Å². The first-order valence-corrected chi connectivity index (χ1v) is 6.19. The molecular formula is C14H17N3O. The summed E-state index contributed by atoms with van der Waals surface area (Å²) in [6.45, 7) is 2.95. The third-order valence-corrected chi connectivity index (χ3v) is 2.70. The summed E-state index contributed by atoms with van der Waals surface area (Å²) in [4.78, 5) is 16.2. The number of amides is 1. The van der Waals surface area contributed by atoms with Crippen molar-refractivity contribution in [3.63, 3.8) is 0 Å². The van der Waals surface area contributed by atoms with Gasteiger partial charge < -0.3 is 9.88 Å². The lowest BCUT2D eigenvalue weighted by Gasteiger charge is -2.07. The molecule has 0 spiro atoms. The molecule has 18 heavy (non-hydrogen) atoms. The molecule has 2 aromatic rings. The van der Waals surface area contributed by atoms with E-state index in [-0.39, 0.29) is 5.91 Å². The van der Waals surface area contributed by atoms with E-state index >= 15 is 0 Å². The molecule has 1 amide bonds. The number of hydrogen-bond donors (Lipinski definition) is 1. The summed E-state index contributed by atoms with van der Waals surface area (Å²) >= 11 is 0. The molecule has 0 unspecified atom stereocenters. The van der Waals surface area contributed by atoms with Gasteiger partial charge >= 0.3 is 0 Å². The first kappa shape index (κ1) is 12.4. The van der Waals surface area contributed by atoms with E-state index in [1.807, 2.05) is 41.1 Å². The molecule has 4 nitrogen and oxygen atoms in total. The second kappa shape index (κ2) is 6.00. The van der Waals surface area contributed by atoms with Gasteiger partial charge in [-0.05, 0) is 18.6 Å². The minimum absolute atomic E-state index is 0.165. The van der Waals surface area contributed by atoms with E-state index in [9.17, 15) is 4.79 Å². The smallest absolute Gasteiger partial charge is 0.291 e. The van der Waals surface area contributed by atoms with Crippen LogP contribution in [0.15, 0.2) is 42.7 Å². The predicted molar refractivity (Wildman–Crippen MR) is 71.5 cm³/mol. The van der Waals surface area contributed by atoms with Crippen LogP contribution in [0, 0.1) is 0 Å². The first-order chi connectivity index (χ1) is 8.81. The summed E-state index contributed by atoms with van der Waals surface area (Å²) in [6.07, 6.45) is 5.64. The number of aryl methyl sites for hydroxylation is 1. The summed E-state index contributed by atoms with van der Waals surface area (Å²) in [7, 11) is 0. The second-order valence-corrected chi connectivity index (χ2v) is 4.12. The third kappa shape index (κ3) is 2.97. The van der Waals surface area contributed by atoms with Crippen LogP contribution in [0.25, 0.3) is 0 Å². The number of carbonyl (C=O) groups excluding carboxylic acids is 1. The molecule has 1 N–H and O–H groups in total. The number of carbonyl (C=O) groups is 1. The number of nitrogens with zero attached hydrogens (tertiary/aromatic N) is 2. The number of rotatable bonds is 5. The molecule has 0 saturated carbocycles. The standard InChI is InChI=1S/C14H17N3O/c1-2-3-10-17-11-9-15-13(17)14(18)16-12-7-5-4-6-8-12/h4-9,11H,2-3,10H2,1H3,(H,16,18). The summed E-state index contributed by atoms with van der Waals surface area (Å²) in [5.74, 6) is 0.301. The van der Waals surface area contributed by atoms with E-state index in [0.29, 0.717) is 5.82 Å². The molecule has 0 fully saturated rings. The molecule has 1 aromatic carbocycles. The van der Waals surface area contributed by atoms with Gasteiger partial charge in [0.05, 0.1) is 0 Å². The lowest BCUT2D eigenvalue weighted by atomic mass is 10.3. The number of benzene rings is 1. The molecular weight excluding hydrogens is 226 g/mol. The van der Waals surface area contributed by atoms with Gasteiger partial charge in [0.1, 0.15) is 0 Å². The fourth-order valence-electron chi connectivity index (χ4n) is 1.74. The van der Waals surface area contributed by atoms with Crippen LogP contribution < -0.4 is 5.32 Å². The molecule has 1 heterocycles. The zero-order valence-electron chi connectivity index (χ0n) is 10.5. The minimum atomic E-state index is -0.165. The van der Waals surface area contributed by atoms with E-state index in [1.165, 1.54) is 0 Å². The molecule has 2 rings (SSSR count). The van der Waals surface area contributed by atoms with Gasteiger partial charge in [0.15, 0.2) is 5.82 Å². The Bertz CT molecular complexity index is 505. The van der Waals surface area contributed by atoms with Crippen LogP contribution in [0.1, 0.15) is 30.4 Å². The molecule has 0 bridgehead atoms. The third-order valence-electron chi connectivity index (χ3n) is 2.70. The highest BCUT2D eigenvalue weighted by Crippen LogP contribution is 2.08. The van der Waals surface area contributed by atoms with Gasteiger partial charge in [-0.2, -0.15) is 0 Å². The van der Waals surface area contributed by atoms with Crippen molar-refractivity contribution in [3.05, 3.63) is 48.5 Å². The van der Waals surface area contributed by atoms with Gasteiger partial charge in [-0.1, -0.05) is 31.5 Å². The average Bonchev–Trinajstić information content (AvgIpc) is 2.86. The normalized spacial score (nSPS) is 10.3. The minimum Gasteiger partial charge on any atom is -0.327 e. The summed E-state index contributed by atoms with van der Waals surface area (Å²) < 4.78 is 1.89. The summed E-state index contributed by atoms with van der Waals surface area (Å²) in [6, 6.07) is 9.41. The van der Waals surface area contributed by atoms with Crippen molar-refractivity contribution >= 4 is 11.6 Å². The average molecular weight is 243 g/mol. The maximum Gasteiger partial charge on any atom is 0.291 e. The number of unbranched alkanes of at least 4 members (excludes halogenated alkanes) is 1. The molecule has 0 aliphatic carbocycles. The maximum absolute atomic E-state index is 12.1. The first-order valence-electron chi connectivity index (χ1n) is 6.19. The van der Waals surface area contributed by atoms with Gasteiger partial charge in [-0.25, -0.2) is 4.98 Å². The Morgan fingerprint density at radius 1 is 1.33 bits per heavy atom.